The second kappa shape index (κ2) is 4.01. The fourth-order valence-corrected chi connectivity index (χ4v) is 1.62. The lowest BCUT2D eigenvalue weighted by atomic mass is 9.81. The van der Waals surface area contributed by atoms with Crippen LogP contribution in [0.5, 0.6) is 0 Å². The summed E-state index contributed by atoms with van der Waals surface area (Å²) >= 11 is 0. The van der Waals surface area contributed by atoms with Crippen molar-refractivity contribution in [3.63, 3.8) is 0 Å². The third-order valence-corrected chi connectivity index (χ3v) is 2.51. The molecule has 1 atom stereocenters. The molecule has 1 rings (SSSR count). The first-order valence-electron chi connectivity index (χ1n) is 5.00. The highest BCUT2D eigenvalue weighted by molar-refractivity contribution is 6.02. The van der Waals surface area contributed by atoms with Gasteiger partial charge in [-0.15, -0.1) is 0 Å². The van der Waals surface area contributed by atoms with E-state index in [0.717, 1.165) is 5.57 Å². The van der Waals surface area contributed by atoms with Crippen LogP contribution in [0.4, 0.5) is 0 Å². The van der Waals surface area contributed by atoms with Crippen molar-refractivity contribution < 1.29 is 14.3 Å². The van der Waals surface area contributed by atoms with Crippen LogP contribution in [0.1, 0.15) is 27.7 Å². The molecule has 1 aliphatic rings. The molecule has 0 bridgehead atoms. The van der Waals surface area contributed by atoms with Crippen molar-refractivity contribution in [2.24, 2.45) is 5.92 Å². The second-order valence-corrected chi connectivity index (χ2v) is 4.13. The van der Waals surface area contributed by atoms with Gasteiger partial charge < -0.3 is 4.74 Å². The van der Waals surface area contributed by atoms with Crippen LogP contribution in [0.2, 0.25) is 0 Å². The van der Waals surface area contributed by atoms with Crippen LogP contribution >= 0.6 is 0 Å². The highest BCUT2D eigenvalue weighted by atomic mass is 16.6. The first-order chi connectivity index (χ1) is 6.88. The number of carbonyl (C=O) groups is 2. The van der Waals surface area contributed by atoms with Crippen molar-refractivity contribution in [3.05, 3.63) is 23.8 Å². The number of esters is 1. The quantitative estimate of drug-likeness (QED) is 0.652. The summed E-state index contributed by atoms with van der Waals surface area (Å²) in [4.78, 5) is 22.9. The van der Waals surface area contributed by atoms with Gasteiger partial charge in [-0.3, -0.25) is 9.59 Å². The van der Waals surface area contributed by atoms with Crippen molar-refractivity contribution in [3.8, 4) is 0 Å². The minimum atomic E-state index is -1.11. The SMILES string of the molecule is CC(=O)OC1(C(C)C)C=CC(C)=CC1=O. The molecule has 0 fully saturated rings. The molecule has 1 unspecified atom stereocenters. The molecule has 15 heavy (non-hydrogen) atoms. The molecule has 3 nitrogen and oxygen atoms in total. The van der Waals surface area contributed by atoms with E-state index >= 15 is 0 Å². The maximum Gasteiger partial charge on any atom is 0.303 e. The lowest BCUT2D eigenvalue weighted by Crippen LogP contribution is -2.46. The maximum absolute atomic E-state index is 11.9. The van der Waals surface area contributed by atoms with Crippen LogP contribution in [0.3, 0.4) is 0 Å². The number of carbonyl (C=O) groups excluding carboxylic acids is 2. The molecule has 0 saturated carbocycles. The van der Waals surface area contributed by atoms with E-state index in [0.29, 0.717) is 0 Å². The number of allylic oxidation sites excluding steroid dienone is 2. The zero-order valence-electron chi connectivity index (χ0n) is 9.53. The van der Waals surface area contributed by atoms with E-state index in [1.165, 1.54) is 13.0 Å². The molecule has 82 valence electrons. The zero-order chi connectivity index (χ0) is 11.6. The molecule has 0 aliphatic heterocycles. The summed E-state index contributed by atoms with van der Waals surface area (Å²) in [6.45, 7) is 6.88. The summed E-state index contributed by atoms with van der Waals surface area (Å²) < 4.78 is 5.18. The summed E-state index contributed by atoms with van der Waals surface area (Å²) in [6, 6.07) is 0. The van der Waals surface area contributed by atoms with E-state index in [1.54, 1.807) is 6.08 Å². The van der Waals surface area contributed by atoms with Gasteiger partial charge in [0.05, 0.1) is 0 Å². The summed E-state index contributed by atoms with van der Waals surface area (Å²) in [6.07, 6.45) is 5.00. The molecule has 0 spiro atoms. The zero-order valence-corrected chi connectivity index (χ0v) is 9.53. The Morgan fingerprint density at radius 1 is 1.47 bits per heavy atom. The highest BCUT2D eigenvalue weighted by Gasteiger charge is 2.42. The molecule has 1 aliphatic carbocycles. The summed E-state index contributed by atoms with van der Waals surface area (Å²) in [5.74, 6) is -0.670. The Balaban J connectivity index is 3.09. The van der Waals surface area contributed by atoms with Gasteiger partial charge in [0, 0.05) is 12.8 Å². The predicted molar refractivity (Wildman–Crippen MR) is 57.2 cm³/mol. The van der Waals surface area contributed by atoms with Gasteiger partial charge in [0.15, 0.2) is 5.60 Å². The summed E-state index contributed by atoms with van der Waals surface area (Å²) in [7, 11) is 0. The highest BCUT2D eigenvalue weighted by Crippen LogP contribution is 2.29. The fourth-order valence-electron chi connectivity index (χ4n) is 1.62. The number of hydrogen-bond acceptors (Lipinski definition) is 3. The number of ketones is 1. The average Bonchev–Trinajstić information content (AvgIpc) is 2.09. The van der Waals surface area contributed by atoms with Gasteiger partial charge in [0.2, 0.25) is 5.78 Å². The molecular weight excluding hydrogens is 192 g/mol. The lowest BCUT2D eigenvalue weighted by molar-refractivity contribution is -0.162. The molecule has 0 heterocycles. The van der Waals surface area contributed by atoms with Gasteiger partial charge in [-0.2, -0.15) is 0 Å². The van der Waals surface area contributed by atoms with E-state index in [9.17, 15) is 9.59 Å². The first kappa shape index (κ1) is 11.7. The summed E-state index contributed by atoms with van der Waals surface area (Å²) in [5, 5.41) is 0. The van der Waals surface area contributed by atoms with Crippen molar-refractivity contribution in [2.45, 2.75) is 33.3 Å². The Morgan fingerprint density at radius 2 is 2.07 bits per heavy atom. The van der Waals surface area contributed by atoms with Crippen LogP contribution < -0.4 is 0 Å². The maximum atomic E-state index is 11.9. The van der Waals surface area contributed by atoms with Gasteiger partial charge in [-0.25, -0.2) is 0 Å². The van der Waals surface area contributed by atoms with Crippen molar-refractivity contribution >= 4 is 11.8 Å². The van der Waals surface area contributed by atoms with E-state index in [4.69, 9.17) is 4.74 Å². The monoisotopic (exact) mass is 208 g/mol. The lowest BCUT2D eigenvalue weighted by Gasteiger charge is -2.33. The minimum Gasteiger partial charge on any atom is -0.446 e. The number of ether oxygens (including phenoxy) is 1. The molecule has 0 amide bonds. The van der Waals surface area contributed by atoms with Crippen LogP contribution in [0.25, 0.3) is 0 Å². The normalized spacial score (nSPS) is 25.4. The molecular formula is C12H16O3. The van der Waals surface area contributed by atoms with E-state index in [-0.39, 0.29) is 11.7 Å². The Morgan fingerprint density at radius 3 is 2.47 bits per heavy atom. The van der Waals surface area contributed by atoms with Crippen molar-refractivity contribution in [1.82, 2.24) is 0 Å². The Labute approximate surface area is 89.8 Å². The third kappa shape index (κ3) is 2.17. The van der Waals surface area contributed by atoms with Gasteiger partial charge in [0.1, 0.15) is 0 Å². The van der Waals surface area contributed by atoms with E-state index in [1.807, 2.05) is 26.8 Å². The van der Waals surface area contributed by atoms with Gasteiger partial charge >= 0.3 is 5.97 Å². The molecule has 0 aromatic heterocycles. The van der Waals surface area contributed by atoms with Crippen LogP contribution in [-0.4, -0.2) is 17.4 Å². The molecule has 0 aromatic carbocycles. The second-order valence-electron chi connectivity index (χ2n) is 4.13. The van der Waals surface area contributed by atoms with Crippen LogP contribution in [0.15, 0.2) is 23.8 Å². The molecule has 0 saturated heterocycles. The summed E-state index contributed by atoms with van der Waals surface area (Å²) in [5.41, 5.74) is -0.228. The first-order valence-corrected chi connectivity index (χ1v) is 5.00. The average molecular weight is 208 g/mol. The number of hydrogen-bond donors (Lipinski definition) is 0. The standard InChI is InChI=1S/C12H16O3/c1-8(2)12(15-10(4)13)6-5-9(3)7-11(12)14/h5-8H,1-4H3. The van der Waals surface area contributed by atoms with Crippen LogP contribution in [-0.2, 0) is 14.3 Å². The topological polar surface area (TPSA) is 43.4 Å². The molecule has 3 heteroatoms. The Bertz CT molecular complexity index is 350. The molecule has 0 N–H and O–H groups in total. The van der Waals surface area contributed by atoms with Crippen LogP contribution in [0, 0.1) is 5.92 Å². The minimum absolute atomic E-state index is 0.0745. The molecule has 0 aromatic rings. The predicted octanol–water partition coefficient (Wildman–Crippen LogP) is 2.03. The Hall–Kier alpha value is -1.38. The van der Waals surface area contributed by atoms with Crippen molar-refractivity contribution in [1.29, 1.82) is 0 Å². The number of rotatable bonds is 2. The van der Waals surface area contributed by atoms with E-state index in [2.05, 4.69) is 0 Å². The van der Waals surface area contributed by atoms with Gasteiger partial charge in [-0.1, -0.05) is 19.9 Å². The smallest absolute Gasteiger partial charge is 0.303 e. The van der Waals surface area contributed by atoms with Gasteiger partial charge in [-0.05, 0) is 24.6 Å². The van der Waals surface area contributed by atoms with E-state index < -0.39 is 11.6 Å². The molecule has 0 radical (unpaired) electrons. The third-order valence-electron chi connectivity index (χ3n) is 2.51. The Kier molecular flexibility index (Phi) is 3.12. The van der Waals surface area contributed by atoms with Crippen molar-refractivity contribution in [2.75, 3.05) is 0 Å². The fraction of sp³-hybridized carbons (Fsp3) is 0.500. The largest absolute Gasteiger partial charge is 0.446 e. The van der Waals surface area contributed by atoms with Gasteiger partial charge in [0.25, 0.3) is 0 Å².